The maximum Gasteiger partial charge on any atom is 0.119 e. The Labute approximate surface area is 122 Å². The molecule has 0 saturated carbocycles. The van der Waals surface area contributed by atoms with E-state index in [1.165, 1.54) is 30.4 Å². The molecule has 2 aliphatic rings. The van der Waals surface area contributed by atoms with Crippen LogP contribution in [0.5, 0.6) is 5.75 Å². The van der Waals surface area contributed by atoms with Gasteiger partial charge >= 0.3 is 0 Å². The molecule has 0 aliphatic heterocycles. The number of hydrogen-bond donors (Lipinski definition) is 1. The minimum absolute atomic E-state index is 0.217. The first kappa shape index (κ1) is 13.7. The van der Waals surface area contributed by atoms with Gasteiger partial charge in [-0.2, -0.15) is 0 Å². The molecule has 0 fully saturated rings. The van der Waals surface area contributed by atoms with Crippen molar-refractivity contribution in [2.45, 2.75) is 44.1 Å². The number of ether oxygens (including phenoxy) is 1. The van der Waals surface area contributed by atoms with Crippen molar-refractivity contribution < 1.29 is 4.74 Å². The first-order valence-electron chi connectivity index (χ1n) is 7.75. The van der Waals surface area contributed by atoms with Crippen LogP contribution in [0.4, 0.5) is 0 Å². The van der Waals surface area contributed by atoms with Crippen molar-refractivity contribution in [3.8, 4) is 5.75 Å². The Kier molecular flexibility index (Phi) is 3.59. The van der Waals surface area contributed by atoms with Gasteiger partial charge in [-0.15, -0.1) is 0 Å². The summed E-state index contributed by atoms with van der Waals surface area (Å²) in [6.45, 7) is 2.33. The van der Waals surface area contributed by atoms with E-state index in [0.29, 0.717) is 12.0 Å². The van der Waals surface area contributed by atoms with E-state index in [0.717, 1.165) is 12.2 Å². The van der Waals surface area contributed by atoms with E-state index < -0.39 is 0 Å². The van der Waals surface area contributed by atoms with Crippen LogP contribution in [0.25, 0.3) is 0 Å². The molecule has 3 atom stereocenters. The summed E-state index contributed by atoms with van der Waals surface area (Å²) < 4.78 is 5.47. The number of hydrogen-bond acceptors (Lipinski definition) is 2. The van der Waals surface area contributed by atoms with Gasteiger partial charge in [-0.1, -0.05) is 25.1 Å². The number of likely N-dealkylation sites (N-methyl/N-ethyl adjacent to an activating group) is 1. The molecule has 1 N–H and O–H groups in total. The lowest BCUT2D eigenvalue weighted by Gasteiger charge is -2.48. The normalized spacial score (nSPS) is 31.6. The predicted octanol–water partition coefficient (Wildman–Crippen LogP) is 3.45. The molecule has 2 nitrogen and oxygen atoms in total. The van der Waals surface area contributed by atoms with Gasteiger partial charge in [-0.25, -0.2) is 0 Å². The summed E-state index contributed by atoms with van der Waals surface area (Å²) in [5.74, 6) is 1.69. The molecule has 3 rings (SSSR count). The number of rotatable bonds is 3. The molecule has 0 saturated heterocycles. The molecule has 20 heavy (non-hydrogen) atoms. The van der Waals surface area contributed by atoms with Crippen LogP contribution in [0.3, 0.4) is 0 Å². The molecule has 2 heteroatoms. The average molecular weight is 271 g/mol. The van der Waals surface area contributed by atoms with Gasteiger partial charge in [0.25, 0.3) is 0 Å². The molecule has 1 unspecified atom stereocenters. The molecule has 1 aromatic carbocycles. The van der Waals surface area contributed by atoms with Crippen molar-refractivity contribution in [1.82, 2.24) is 5.32 Å². The molecular weight excluding hydrogens is 246 g/mol. The zero-order chi connectivity index (χ0) is 14.2. The number of allylic oxidation sites excluding steroid dienone is 2. The topological polar surface area (TPSA) is 21.3 Å². The van der Waals surface area contributed by atoms with Crippen LogP contribution in [0, 0.1) is 5.92 Å². The smallest absolute Gasteiger partial charge is 0.119 e. The molecular formula is C18H25NO. The fourth-order valence-electron chi connectivity index (χ4n) is 4.43. The van der Waals surface area contributed by atoms with Crippen molar-refractivity contribution in [2.24, 2.45) is 5.92 Å². The Morgan fingerprint density at radius 1 is 1.35 bits per heavy atom. The van der Waals surface area contributed by atoms with Crippen molar-refractivity contribution in [3.05, 3.63) is 41.5 Å². The minimum atomic E-state index is 0.217. The Balaban J connectivity index is 2.19. The first-order valence-corrected chi connectivity index (χ1v) is 7.75. The summed E-state index contributed by atoms with van der Waals surface area (Å²) in [4.78, 5) is 0. The fourth-order valence-corrected chi connectivity index (χ4v) is 4.43. The van der Waals surface area contributed by atoms with Gasteiger partial charge in [-0.3, -0.25) is 0 Å². The molecule has 0 spiro atoms. The van der Waals surface area contributed by atoms with E-state index in [4.69, 9.17) is 4.74 Å². The lowest BCUT2D eigenvalue weighted by molar-refractivity contribution is 0.202. The number of fused-ring (bicyclic) bond motifs is 4. The van der Waals surface area contributed by atoms with Gasteiger partial charge in [0.05, 0.1) is 7.11 Å². The van der Waals surface area contributed by atoms with Crippen LogP contribution >= 0.6 is 0 Å². The second-order valence-corrected chi connectivity index (χ2v) is 6.17. The number of benzene rings is 1. The Hall–Kier alpha value is -1.28. The van der Waals surface area contributed by atoms with Crippen molar-refractivity contribution >= 4 is 0 Å². The van der Waals surface area contributed by atoms with Crippen molar-refractivity contribution in [1.29, 1.82) is 0 Å². The zero-order valence-corrected chi connectivity index (χ0v) is 12.8. The first-order chi connectivity index (χ1) is 9.75. The SMILES string of the molecule is CC[C@@]12CC=CCC(Cc3ccc(OC)cc31)[C@@H]2NC. The zero-order valence-electron chi connectivity index (χ0n) is 12.8. The van der Waals surface area contributed by atoms with Gasteiger partial charge in [0, 0.05) is 11.5 Å². The van der Waals surface area contributed by atoms with E-state index in [-0.39, 0.29) is 5.41 Å². The summed E-state index contributed by atoms with van der Waals surface area (Å²) >= 11 is 0. The monoisotopic (exact) mass is 271 g/mol. The van der Waals surface area contributed by atoms with E-state index in [9.17, 15) is 0 Å². The quantitative estimate of drug-likeness (QED) is 0.850. The van der Waals surface area contributed by atoms with Crippen LogP contribution < -0.4 is 10.1 Å². The molecule has 2 aliphatic carbocycles. The summed E-state index contributed by atoms with van der Waals surface area (Å²) in [5, 5.41) is 3.64. The van der Waals surface area contributed by atoms with E-state index >= 15 is 0 Å². The summed E-state index contributed by atoms with van der Waals surface area (Å²) in [6, 6.07) is 7.23. The van der Waals surface area contributed by atoms with Gasteiger partial charge in [0.1, 0.15) is 5.75 Å². The van der Waals surface area contributed by atoms with E-state index in [2.05, 4.69) is 49.6 Å². The van der Waals surface area contributed by atoms with E-state index in [1.807, 2.05) is 0 Å². The summed E-state index contributed by atoms with van der Waals surface area (Å²) in [6.07, 6.45) is 9.44. The van der Waals surface area contributed by atoms with Crippen molar-refractivity contribution in [2.75, 3.05) is 14.2 Å². The standard InChI is InChI=1S/C18H25NO/c1-4-18-10-6-5-7-14(17(18)19-2)11-13-8-9-15(20-3)12-16(13)18/h5-6,8-9,12,14,17,19H,4,7,10-11H2,1-3H3/t14?,17-,18+/m0/s1. The maximum absolute atomic E-state index is 5.47. The second-order valence-electron chi connectivity index (χ2n) is 6.17. The van der Waals surface area contributed by atoms with E-state index in [1.54, 1.807) is 7.11 Å². The summed E-state index contributed by atoms with van der Waals surface area (Å²) in [5.41, 5.74) is 3.24. The van der Waals surface area contributed by atoms with Crippen LogP contribution in [0.15, 0.2) is 30.4 Å². The second kappa shape index (κ2) is 5.25. The third-order valence-electron chi connectivity index (χ3n) is 5.43. The minimum Gasteiger partial charge on any atom is -0.497 e. The molecule has 0 aromatic heterocycles. The largest absolute Gasteiger partial charge is 0.497 e. The third-order valence-corrected chi connectivity index (χ3v) is 5.43. The number of methoxy groups -OCH3 is 1. The number of nitrogens with one attached hydrogen (secondary N) is 1. The van der Waals surface area contributed by atoms with Crippen LogP contribution in [0.2, 0.25) is 0 Å². The van der Waals surface area contributed by atoms with Gasteiger partial charge in [0.15, 0.2) is 0 Å². The molecule has 0 radical (unpaired) electrons. The highest BCUT2D eigenvalue weighted by molar-refractivity contribution is 5.45. The predicted molar refractivity (Wildman–Crippen MR) is 83.4 cm³/mol. The fraction of sp³-hybridized carbons (Fsp3) is 0.556. The Morgan fingerprint density at radius 2 is 2.20 bits per heavy atom. The van der Waals surface area contributed by atoms with Crippen LogP contribution in [-0.2, 0) is 11.8 Å². The van der Waals surface area contributed by atoms with Gasteiger partial charge < -0.3 is 10.1 Å². The van der Waals surface area contributed by atoms with Crippen LogP contribution in [0.1, 0.15) is 37.3 Å². The highest BCUT2D eigenvalue weighted by atomic mass is 16.5. The maximum atomic E-state index is 5.47. The van der Waals surface area contributed by atoms with Gasteiger partial charge in [-0.05, 0) is 61.9 Å². The highest BCUT2D eigenvalue weighted by Crippen LogP contribution is 2.48. The van der Waals surface area contributed by atoms with Crippen molar-refractivity contribution in [3.63, 3.8) is 0 Å². The van der Waals surface area contributed by atoms with Crippen LogP contribution in [-0.4, -0.2) is 20.2 Å². The summed E-state index contributed by atoms with van der Waals surface area (Å²) in [7, 11) is 3.88. The lowest BCUT2D eigenvalue weighted by atomic mass is 9.60. The van der Waals surface area contributed by atoms with Gasteiger partial charge in [0.2, 0.25) is 0 Å². The highest BCUT2D eigenvalue weighted by Gasteiger charge is 2.46. The molecule has 0 heterocycles. The molecule has 2 bridgehead atoms. The average Bonchev–Trinajstić information content (AvgIpc) is 2.62. The molecule has 108 valence electrons. The molecule has 0 amide bonds. The Morgan fingerprint density at radius 3 is 2.90 bits per heavy atom. The lowest BCUT2D eigenvalue weighted by Crippen LogP contribution is -2.54. The molecule has 1 aromatic rings. The third kappa shape index (κ3) is 1.89. The Bertz CT molecular complexity index is 522.